The van der Waals surface area contributed by atoms with Crippen LogP contribution in [-0.4, -0.2) is 47.2 Å². The molecular weight excluding hydrogens is 440 g/mol. The number of carbonyl (C=O) groups is 3. The molecule has 1 aromatic carbocycles. The molecule has 2 saturated heterocycles. The molecule has 2 aliphatic heterocycles. The highest BCUT2D eigenvalue weighted by molar-refractivity contribution is 6.30. The molecule has 3 aliphatic rings. The van der Waals surface area contributed by atoms with Gasteiger partial charge in [0.1, 0.15) is 5.82 Å². The van der Waals surface area contributed by atoms with Crippen LogP contribution in [-0.2, 0) is 27.2 Å². The number of rotatable bonds is 4. The van der Waals surface area contributed by atoms with Crippen molar-refractivity contribution < 1.29 is 14.4 Å². The molecule has 3 amide bonds. The molecule has 2 fully saturated rings. The average Bonchev–Trinajstić information content (AvgIpc) is 3.46. The quantitative estimate of drug-likeness (QED) is 0.748. The van der Waals surface area contributed by atoms with Crippen molar-refractivity contribution in [2.75, 3.05) is 29.9 Å². The van der Waals surface area contributed by atoms with Crippen molar-refractivity contribution in [3.63, 3.8) is 0 Å². The lowest BCUT2D eigenvalue weighted by Gasteiger charge is -2.32. The number of nitrogens with one attached hydrogen (secondary N) is 1. The van der Waals surface area contributed by atoms with E-state index in [1.165, 1.54) is 17.3 Å². The van der Waals surface area contributed by atoms with Gasteiger partial charge in [-0.05, 0) is 67.5 Å². The van der Waals surface area contributed by atoms with Crippen molar-refractivity contribution in [1.29, 1.82) is 0 Å². The largest absolute Gasteiger partial charge is 0.342 e. The molecular formula is C25H27ClN4O3. The minimum absolute atomic E-state index is 0.0102. The van der Waals surface area contributed by atoms with E-state index < -0.39 is 0 Å². The number of benzene rings is 1. The van der Waals surface area contributed by atoms with Gasteiger partial charge in [-0.2, -0.15) is 0 Å². The number of hydrogen-bond acceptors (Lipinski definition) is 4. The van der Waals surface area contributed by atoms with E-state index in [4.69, 9.17) is 11.6 Å². The Balaban J connectivity index is 1.15. The van der Waals surface area contributed by atoms with E-state index in [2.05, 4.69) is 22.4 Å². The summed E-state index contributed by atoms with van der Waals surface area (Å²) in [6.07, 6.45) is 6.27. The van der Waals surface area contributed by atoms with Gasteiger partial charge in [0.15, 0.2) is 0 Å². The Morgan fingerprint density at radius 1 is 1.03 bits per heavy atom. The van der Waals surface area contributed by atoms with E-state index in [9.17, 15) is 14.4 Å². The number of halogens is 1. The number of piperidine rings is 1. The minimum atomic E-state index is -0.325. The lowest BCUT2D eigenvalue weighted by molar-refractivity contribution is -0.138. The molecule has 33 heavy (non-hydrogen) atoms. The number of aryl methyl sites for hydroxylation is 2. The first-order valence-electron chi connectivity index (χ1n) is 11.6. The van der Waals surface area contributed by atoms with Crippen LogP contribution in [0.4, 0.5) is 11.5 Å². The van der Waals surface area contributed by atoms with Gasteiger partial charge in [0.05, 0.1) is 10.9 Å². The maximum absolute atomic E-state index is 13.1. The van der Waals surface area contributed by atoms with E-state index in [0.717, 1.165) is 24.9 Å². The summed E-state index contributed by atoms with van der Waals surface area (Å²) in [5.41, 5.74) is 3.60. The number of anilines is 2. The summed E-state index contributed by atoms with van der Waals surface area (Å²) in [5.74, 6) is -0.0786. The maximum Gasteiger partial charge on any atom is 0.228 e. The molecule has 0 spiro atoms. The van der Waals surface area contributed by atoms with Gasteiger partial charge in [-0.15, -0.1) is 0 Å². The van der Waals surface area contributed by atoms with Crippen molar-refractivity contribution in [2.45, 2.75) is 38.5 Å². The number of hydrogen-bond donors (Lipinski definition) is 1. The zero-order valence-corrected chi connectivity index (χ0v) is 19.2. The molecule has 0 saturated carbocycles. The number of carbonyl (C=O) groups excluding carboxylic acids is 3. The zero-order chi connectivity index (χ0) is 22.9. The fourth-order valence-electron chi connectivity index (χ4n) is 5.15. The zero-order valence-electron chi connectivity index (χ0n) is 18.4. The topological polar surface area (TPSA) is 82.6 Å². The smallest absolute Gasteiger partial charge is 0.228 e. The van der Waals surface area contributed by atoms with Crippen LogP contribution in [0.5, 0.6) is 0 Å². The molecule has 172 valence electrons. The average molecular weight is 467 g/mol. The van der Waals surface area contributed by atoms with Gasteiger partial charge in [0, 0.05) is 43.9 Å². The van der Waals surface area contributed by atoms with Crippen LogP contribution in [0.15, 0.2) is 36.5 Å². The number of pyridine rings is 1. The van der Waals surface area contributed by atoms with Gasteiger partial charge < -0.3 is 15.1 Å². The summed E-state index contributed by atoms with van der Waals surface area (Å²) in [7, 11) is 0. The van der Waals surface area contributed by atoms with Crippen LogP contribution in [0.1, 0.15) is 36.8 Å². The molecule has 0 radical (unpaired) electrons. The van der Waals surface area contributed by atoms with Crippen molar-refractivity contribution in [3.8, 4) is 0 Å². The third-order valence-electron chi connectivity index (χ3n) is 7.02. The Kier molecular flexibility index (Phi) is 6.06. The summed E-state index contributed by atoms with van der Waals surface area (Å²) in [4.78, 5) is 46.1. The Labute approximate surface area is 198 Å². The molecule has 1 N–H and O–H groups in total. The first-order valence-corrected chi connectivity index (χ1v) is 12.0. The van der Waals surface area contributed by atoms with Gasteiger partial charge in [0.25, 0.3) is 0 Å². The van der Waals surface area contributed by atoms with Crippen molar-refractivity contribution in [2.24, 2.45) is 11.8 Å². The second-order valence-corrected chi connectivity index (χ2v) is 9.60. The first kappa shape index (κ1) is 21.9. The Morgan fingerprint density at radius 2 is 1.82 bits per heavy atom. The van der Waals surface area contributed by atoms with Crippen molar-refractivity contribution in [1.82, 2.24) is 9.88 Å². The number of nitrogens with zero attached hydrogens (tertiary/aromatic N) is 3. The normalized spacial score (nSPS) is 20.8. The summed E-state index contributed by atoms with van der Waals surface area (Å²) in [6.45, 7) is 1.47. The maximum atomic E-state index is 13.1. The lowest BCUT2D eigenvalue weighted by Crippen LogP contribution is -2.44. The second-order valence-electron chi connectivity index (χ2n) is 9.16. The third-order valence-corrected chi connectivity index (χ3v) is 7.25. The minimum Gasteiger partial charge on any atom is -0.342 e. The number of amides is 3. The van der Waals surface area contributed by atoms with E-state index >= 15 is 0 Å². The van der Waals surface area contributed by atoms with Crippen LogP contribution in [0.3, 0.4) is 0 Å². The highest BCUT2D eigenvalue weighted by Gasteiger charge is 2.39. The summed E-state index contributed by atoms with van der Waals surface area (Å²) in [5, 5.41) is 3.34. The molecule has 3 heterocycles. The van der Waals surface area contributed by atoms with Crippen LogP contribution < -0.4 is 10.2 Å². The summed E-state index contributed by atoms with van der Waals surface area (Å²) >= 11 is 5.83. The molecule has 2 aromatic rings. The summed E-state index contributed by atoms with van der Waals surface area (Å²) < 4.78 is 0. The van der Waals surface area contributed by atoms with Crippen LogP contribution >= 0.6 is 11.6 Å². The first-order chi connectivity index (χ1) is 16.0. The number of fused-ring (bicyclic) bond motifs is 1. The van der Waals surface area contributed by atoms with Crippen molar-refractivity contribution in [3.05, 3.63) is 52.7 Å². The second kappa shape index (κ2) is 9.14. The molecule has 0 bridgehead atoms. The third kappa shape index (κ3) is 4.60. The number of aromatic nitrogens is 1. The Morgan fingerprint density at radius 3 is 2.58 bits per heavy atom. The fraction of sp³-hybridized carbons (Fsp3) is 0.440. The SMILES string of the molecule is O=C(Nc1ccc(Cl)cn1)C1CCN(C(=O)C2CC(=O)N(c3ccc4c(c3)CCC4)C2)CC1. The van der Waals surface area contributed by atoms with Gasteiger partial charge in [-0.25, -0.2) is 4.98 Å². The fourth-order valence-corrected chi connectivity index (χ4v) is 5.26. The Hall–Kier alpha value is -2.93. The Bertz CT molecular complexity index is 1080. The monoisotopic (exact) mass is 466 g/mol. The number of likely N-dealkylation sites (tertiary alicyclic amines) is 1. The molecule has 1 atom stereocenters. The molecule has 7 nitrogen and oxygen atoms in total. The van der Waals surface area contributed by atoms with Gasteiger partial charge in [0.2, 0.25) is 17.7 Å². The molecule has 1 aliphatic carbocycles. The van der Waals surface area contributed by atoms with E-state index in [0.29, 0.717) is 43.3 Å². The molecule has 5 rings (SSSR count). The van der Waals surface area contributed by atoms with Crippen molar-refractivity contribution >= 4 is 40.8 Å². The van der Waals surface area contributed by atoms with E-state index in [1.807, 2.05) is 11.0 Å². The lowest BCUT2D eigenvalue weighted by atomic mass is 9.94. The highest BCUT2D eigenvalue weighted by atomic mass is 35.5. The standard InChI is InChI=1S/C25H27ClN4O3/c26-20-5-7-22(27-14-20)28-24(32)17-8-10-29(11-9-17)25(33)19-13-23(31)30(15-19)21-6-4-16-2-1-3-18(16)12-21/h4-7,12,14,17,19H,1-3,8-11,13,15H2,(H,27,28,32). The van der Waals surface area contributed by atoms with Crippen LogP contribution in [0.2, 0.25) is 5.02 Å². The highest BCUT2D eigenvalue weighted by Crippen LogP contribution is 2.32. The van der Waals surface area contributed by atoms with E-state index in [1.54, 1.807) is 17.0 Å². The predicted molar refractivity (Wildman–Crippen MR) is 126 cm³/mol. The molecule has 8 heteroatoms. The van der Waals surface area contributed by atoms with Crippen LogP contribution in [0.25, 0.3) is 0 Å². The van der Waals surface area contributed by atoms with Gasteiger partial charge >= 0.3 is 0 Å². The molecule has 1 unspecified atom stereocenters. The predicted octanol–water partition coefficient (Wildman–Crippen LogP) is 3.45. The molecule has 1 aromatic heterocycles. The van der Waals surface area contributed by atoms with Crippen LogP contribution in [0, 0.1) is 11.8 Å². The van der Waals surface area contributed by atoms with Gasteiger partial charge in [-0.3, -0.25) is 14.4 Å². The van der Waals surface area contributed by atoms with E-state index in [-0.39, 0.29) is 36.0 Å². The summed E-state index contributed by atoms with van der Waals surface area (Å²) in [6, 6.07) is 9.60. The van der Waals surface area contributed by atoms with Gasteiger partial charge in [-0.1, -0.05) is 17.7 Å².